The fourth-order valence-electron chi connectivity index (χ4n) is 3.42. The second kappa shape index (κ2) is 6.92. The van der Waals surface area contributed by atoms with Gasteiger partial charge in [-0.3, -0.25) is 24.6 Å². The highest BCUT2D eigenvalue weighted by Gasteiger charge is 2.28. The monoisotopic (exact) mass is 350 g/mol. The summed E-state index contributed by atoms with van der Waals surface area (Å²) < 4.78 is 0. The van der Waals surface area contributed by atoms with Crippen LogP contribution in [0.2, 0.25) is 0 Å². The normalized spacial score (nSPS) is 15.6. The van der Waals surface area contributed by atoms with E-state index in [0.717, 1.165) is 16.7 Å². The Balaban J connectivity index is 2.15. The molecule has 0 saturated carbocycles. The molecule has 6 heteroatoms. The molecule has 2 aromatic rings. The van der Waals surface area contributed by atoms with Crippen LogP contribution in [0, 0.1) is 10.1 Å². The molecule has 0 radical (unpaired) electrons. The number of carbonyl (C=O) groups is 2. The van der Waals surface area contributed by atoms with E-state index >= 15 is 0 Å². The topological polar surface area (TPSA) is 80.5 Å². The molecule has 1 aliphatic rings. The van der Waals surface area contributed by atoms with Crippen molar-refractivity contribution in [2.45, 2.75) is 26.2 Å². The van der Waals surface area contributed by atoms with Crippen LogP contribution in [0.5, 0.6) is 0 Å². The number of nitro groups is 1. The van der Waals surface area contributed by atoms with E-state index in [1.807, 2.05) is 36.4 Å². The first-order valence-corrected chi connectivity index (χ1v) is 8.22. The zero-order valence-corrected chi connectivity index (χ0v) is 14.5. The minimum Gasteiger partial charge on any atom is -0.274 e. The van der Waals surface area contributed by atoms with E-state index in [9.17, 15) is 19.7 Å². The maximum atomic E-state index is 12.0. The minimum atomic E-state index is -0.430. The molecule has 0 spiro atoms. The summed E-state index contributed by atoms with van der Waals surface area (Å²) in [6.45, 7) is 2.70. The van der Waals surface area contributed by atoms with Crippen molar-refractivity contribution in [2.24, 2.45) is 0 Å². The molecular formula is C20H18N2O4. The molecule has 0 N–H and O–H groups in total. The Bertz CT molecular complexity index is 919. The van der Waals surface area contributed by atoms with Crippen LogP contribution in [-0.2, 0) is 16.0 Å². The molecule has 0 saturated heterocycles. The number of fused-ring (bicyclic) bond motifs is 1. The van der Waals surface area contributed by atoms with Crippen LogP contribution in [-0.4, -0.2) is 21.6 Å². The first-order valence-electron chi connectivity index (χ1n) is 8.22. The minimum absolute atomic E-state index is 0.00972. The Morgan fingerprint density at radius 1 is 1.08 bits per heavy atom. The van der Waals surface area contributed by atoms with Gasteiger partial charge in [-0.1, -0.05) is 42.5 Å². The molecule has 1 aliphatic carbocycles. The quantitative estimate of drug-likeness (QED) is 0.626. The first-order chi connectivity index (χ1) is 12.4. The van der Waals surface area contributed by atoms with Crippen molar-refractivity contribution in [3.63, 3.8) is 0 Å². The highest BCUT2D eigenvalue weighted by atomic mass is 16.6. The van der Waals surface area contributed by atoms with Crippen LogP contribution in [0.3, 0.4) is 0 Å². The summed E-state index contributed by atoms with van der Waals surface area (Å²) >= 11 is 0. The van der Waals surface area contributed by atoms with Crippen LogP contribution in [0.15, 0.2) is 60.3 Å². The third-order valence-electron chi connectivity index (χ3n) is 4.48. The maximum Gasteiger partial charge on any atom is 0.269 e. The van der Waals surface area contributed by atoms with E-state index in [4.69, 9.17) is 0 Å². The third kappa shape index (κ3) is 3.26. The second-order valence-electron chi connectivity index (χ2n) is 6.24. The lowest BCUT2D eigenvalue weighted by molar-refractivity contribution is -0.384. The molecule has 3 rings (SSSR count). The molecule has 0 aromatic heterocycles. The molecule has 0 aliphatic heterocycles. The van der Waals surface area contributed by atoms with Gasteiger partial charge in [0.1, 0.15) is 0 Å². The summed E-state index contributed by atoms with van der Waals surface area (Å²) in [7, 11) is 0. The zero-order chi connectivity index (χ0) is 18.8. The lowest BCUT2D eigenvalue weighted by Gasteiger charge is -2.29. The SMILES string of the molecule is CC(=O)N(C(C)=O)C1=CC(c2cccc([N+](=O)[O-])c2)c2ccccc2C1. The van der Waals surface area contributed by atoms with E-state index in [2.05, 4.69) is 0 Å². The Morgan fingerprint density at radius 3 is 2.42 bits per heavy atom. The number of nitro benzene ring substituents is 1. The van der Waals surface area contributed by atoms with Gasteiger partial charge in [-0.25, -0.2) is 0 Å². The maximum absolute atomic E-state index is 12.0. The summed E-state index contributed by atoms with van der Waals surface area (Å²) in [6, 6.07) is 14.2. The predicted octanol–water partition coefficient (Wildman–Crippen LogP) is 3.56. The molecule has 1 atom stereocenters. The van der Waals surface area contributed by atoms with Gasteiger partial charge in [0.25, 0.3) is 5.69 Å². The fraction of sp³-hybridized carbons (Fsp3) is 0.200. The van der Waals surface area contributed by atoms with E-state index in [0.29, 0.717) is 12.1 Å². The van der Waals surface area contributed by atoms with Gasteiger partial charge < -0.3 is 0 Å². The van der Waals surface area contributed by atoms with Crippen LogP contribution in [0.4, 0.5) is 5.69 Å². The van der Waals surface area contributed by atoms with Crippen molar-refractivity contribution in [3.8, 4) is 0 Å². The number of imide groups is 1. The lowest BCUT2D eigenvalue weighted by Crippen LogP contribution is -2.35. The predicted molar refractivity (Wildman–Crippen MR) is 96.4 cm³/mol. The molecule has 1 unspecified atom stereocenters. The molecule has 2 amide bonds. The summed E-state index contributed by atoms with van der Waals surface area (Å²) in [5.74, 6) is -0.960. The zero-order valence-electron chi connectivity index (χ0n) is 14.5. The highest BCUT2D eigenvalue weighted by molar-refractivity contribution is 5.95. The van der Waals surface area contributed by atoms with Crippen LogP contribution >= 0.6 is 0 Å². The number of benzene rings is 2. The Kier molecular flexibility index (Phi) is 4.67. The number of rotatable bonds is 3. The number of carbonyl (C=O) groups excluding carboxylic acids is 2. The van der Waals surface area contributed by atoms with Gasteiger partial charge in [-0.2, -0.15) is 0 Å². The van der Waals surface area contributed by atoms with E-state index in [1.165, 1.54) is 30.9 Å². The number of nitrogens with zero attached hydrogens (tertiary/aromatic N) is 2. The van der Waals surface area contributed by atoms with Gasteiger partial charge in [0.05, 0.1) is 4.92 Å². The Labute approximate surface area is 150 Å². The highest BCUT2D eigenvalue weighted by Crippen LogP contribution is 2.37. The van der Waals surface area contributed by atoms with Gasteiger partial charge in [0, 0.05) is 44.0 Å². The van der Waals surface area contributed by atoms with Crippen molar-refractivity contribution in [3.05, 3.63) is 87.1 Å². The number of amides is 2. The summed E-state index contributed by atoms with van der Waals surface area (Å²) in [5, 5.41) is 11.1. The van der Waals surface area contributed by atoms with Crippen molar-refractivity contribution < 1.29 is 14.5 Å². The summed E-state index contributed by atoms with van der Waals surface area (Å²) in [6.07, 6.45) is 2.31. The number of hydrogen-bond donors (Lipinski definition) is 0. The van der Waals surface area contributed by atoms with E-state index in [1.54, 1.807) is 6.07 Å². The molecule has 2 aromatic carbocycles. The van der Waals surface area contributed by atoms with Crippen LogP contribution < -0.4 is 0 Å². The van der Waals surface area contributed by atoms with Crippen molar-refractivity contribution in [2.75, 3.05) is 0 Å². The van der Waals surface area contributed by atoms with E-state index in [-0.39, 0.29) is 23.4 Å². The second-order valence-corrected chi connectivity index (χ2v) is 6.24. The lowest BCUT2D eigenvalue weighted by atomic mass is 9.81. The molecule has 0 bridgehead atoms. The molecule has 0 fully saturated rings. The van der Waals surface area contributed by atoms with Gasteiger partial charge in [0.2, 0.25) is 11.8 Å². The number of non-ortho nitro benzene ring substituents is 1. The third-order valence-corrected chi connectivity index (χ3v) is 4.48. The largest absolute Gasteiger partial charge is 0.274 e. The van der Waals surface area contributed by atoms with Gasteiger partial charge in [-0.05, 0) is 16.7 Å². The van der Waals surface area contributed by atoms with Crippen molar-refractivity contribution >= 4 is 17.5 Å². The van der Waals surface area contributed by atoms with E-state index < -0.39 is 4.92 Å². The Hall–Kier alpha value is -3.28. The van der Waals surface area contributed by atoms with Crippen molar-refractivity contribution in [1.29, 1.82) is 0 Å². The van der Waals surface area contributed by atoms with Gasteiger partial charge in [0.15, 0.2) is 0 Å². The molecule has 132 valence electrons. The van der Waals surface area contributed by atoms with Crippen LogP contribution in [0.1, 0.15) is 36.5 Å². The molecule has 0 heterocycles. The van der Waals surface area contributed by atoms with Gasteiger partial charge >= 0.3 is 0 Å². The van der Waals surface area contributed by atoms with Crippen LogP contribution in [0.25, 0.3) is 0 Å². The first kappa shape index (κ1) is 17.5. The fourth-order valence-corrected chi connectivity index (χ4v) is 3.42. The standard InChI is InChI=1S/C20H18N2O4/c1-13(23)21(14(2)24)18-11-15-6-3-4-9-19(15)20(12-18)16-7-5-8-17(10-16)22(25)26/h3-10,12,20H,11H2,1-2H3. The molecule has 6 nitrogen and oxygen atoms in total. The Morgan fingerprint density at radius 2 is 1.77 bits per heavy atom. The van der Waals surface area contributed by atoms with Crippen molar-refractivity contribution in [1.82, 2.24) is 4.90 Å². The van der Waals surface area contributed by atoms with Gasteiger partial charge in [-0.15, -0.1) is 0 Å². The molecule has 26 heavy (non-hydrogen) atoms. The molecular weight excluding hydrogens is 332 g/mol. The average molecular weight is 350 g/mol. The number of hydrogen-bond acceptors (Lipinski definition) is 4. The summed E-state index contributed by atoms with van der Waals surface area (Å²) in [5.41, 5.74) is 3.37. The summed E-state index contributed by atoms with van der Waals surface area (Å²) in [4.78, 5) is 35.8. The average Bonchev–Trinajstić information content (AvgIpc) is 2.60. The number of allylic oxidation sites excluding steroid dienone is 2. The smallest absolute Gasteiger partial charge is 0.269 e.